The van der Waals surface area contributed by atoms with Gasteiger partial charge >= 0.3 is 0 Å². The maximum Gasteiger partial charge on any atom is 0.0991 e. The van der Waals surface area contributed by atoms with Gasteiger partial charge in [0.05, 0.1) is 11.6 Å². The van der Waals surface area contributed by atoms with Gasteiger partial charge in [0.2, 0.25) is 0 Å². The van der Waals surface area contributed by atoms with Crippen LogP contribution >= 0.6 is 12.4 Å². The third-order valence-electron chi connectivity index (χ3n) is 1.96. The highest BCUT2D eigenvalue weighted by Crippen LogP contribution is 2.13. The van der Waals surface area contributed by atoms with Gasteiger partial charge in [0.1, 0.15) is 0 Å². The van der Waals surface area contributed by atoms with Crippen LogP contribution in [0.4, 0.5) is 0 Å². The van der Waals surface area contributed by atoms with Crippen LogP contribution in [0.3, 0.4) is 0 Å². The van der Waals surface area contributed by atoms with Crippen LogP contribution in [0.1, 0.15) is 24.0 Å². The number of hydrogen-bond donors (Lipinski definition) is 1. The van der Waals surface area contributed by atoms with E-state index in [-0.39, 0.29) is 12.4 Å². The molecule has 0 saturated carbocycles. The van der Waals surface area contributed by atoms with E-state index in [0.29, 0.717) is 18.0 Å². The lowest BCUT2D eigenvalue weighted by atomic mass is 10.0. The summed E-state index contributed by atoms with van der Waals surface area (Å²) in [4.78, 5) is 0. The summed E-state index contributed by atoms with van der Waals surface area (Å²) in [6, 6.07) is 9.63. The average Bonchev–Trinajstić information content (AvgIpc) is 2.17. The van der Waals surface area contributed by atoms with Crippen LogP contribution in [0, 0.1) is 11.3 Å². The van der Waals surface area contributed by atoms with E-state index in [4.69, 9.17) is 11.0 Å². The van der Waals surface area contributed by atoms with Crippen molar-refractivity contribution in [2.24, 2.45) is 5.73 Å². The van der Waals surface area contributed by atoms with Crippen LogP contribution in [0.15, 0.2) is 24.3 Å². The van der Waals surface area contributed by atoms with Crippen molar-refractivity contribution in [2.75, 3.05) is 6.54 Å². The van der Waals surface area contributed by atoms with Crippen molar-refractivity contribution in [3.05, 3.63) is 35.4 Å². The number of nitriles is 1. The van der Waals surface area contributed by atoms with E-state index in [1.165, 1.54) is 5.56 Å². The molecule has 70 valence electrons. The molecule has 0 aliphatic carbocycles. The first-order chi connectivity index (χ1) is 5.77. The molecule has 13 heavy (non-hydrogen) atoms. The Labute approximate surface area is 84.8 Å². The van der Waals surface area contributed by atoms with Gasteiger partial charge in [0.25, 0.3) is 0 Å². The largest absolute Gasteiger partial charge is 0.330 e. The Morgan fingerprint density at radius 1 is 1.38 bits per heavy atom. The van der Waals surface area contributed by atoms with Gasteiger partial charge in [-0.25, -0.2) is 0 Å². The first-order valence-corrected chi connectivity index (χ1v) is 3.98. The van der Waals surface area contributed by atoms with Crippen LogP contribution in [-0.2, 0) is 0 Å². The zero-order valence-corrected chi connectivity index (χ0v) is 8.34. The second-order valence-corrected chi connectivity index (χ2v) is 2.87. The van der Waals surface area contributed by atoms with E-state index in [1.807, 2.05) is 24.3 Å². The first kappa shape index (κ1) is 12.0. The molecule has 0 fully saturated rings. The zero-order chi connectivity index (χ0) is 8.97. The standard InChI is InChI=1S/C10H12N2.ClH/c1-8(6-11)10-4-2-9(7-12)3-5-10;/h2-5,8H,6,11H2,1H3;1H. The number of hydrogen-bond acceptors (Lipinski definition) is 2. The smallest absolute Gasteiger partial charge is 0.0991 e. The summed E-state index contributed by atoms with van der Waals surface area (Å²) in [5, 5.41) is 8.55. The molecule has 1 aromatic rings. The maximum atomic E-state index is 8.55. The van der Waals surface area contributed by atoms with E-state index < -0.39 is 0 Å². The Morgan fingerprint density at radius 3 is 2.31 bits per heavy atom. The fourth-order valence-electron chi connectivity index (χ4n) is 1.02. The number of nitrogens with two attached hydrogens (primary N) is 1. The summed E-state index contributed by atoms with van der Waals surface area (Å²) < 4.78 is 0. The second kappa shape index (κ2) is 5.58. The SMILES string of the molecule is CC(CN)c1ccc(C#N)cc1.Cl. The summed E-state index contributed by atoms with van der Waals surface area (Å²) in [5.41, 5.74) is 7.40. The summed E-state index contributed by atoms with van der Waals surface area (Å²) in [6.07, 6.45) is 0. The van der Waals surface area contributed by atoms with Crippen molar-refractivity contribution in [2.45, 2.75) is 12.8 Å². The lowest BCUT2D eigenvalue weighted by molar-refractivity contribution is 0.774. The Balaban J connectivity index is 0.00000144. The van der Waals surface area contributed by atoms with Crippen LogP contribution < -0.4 is 5.73 Å². The molecular formula is C10H13ClN2. The Morgan fingerprint density at radius 2 is 1.92 bits per heavy atom. The normalized spacial score (nSPS) is 11.2. The van der Waals surface area contributed by atoms with Crippen molar-refractivity contribution >= 4 is 12.4 Å². The van der Waals surface area contributed by atoms with E-state index in [2.05, 4.69) is 13.0 Å². The number of halogens is 1. The zero-order valence-electron chi connectivity index (χ0n) is 7.53. The van der Waals surface area contributed by atoms with E-state index in [0.717, 1.165) is 0 Å². The Bertz CT molecular complexity index is 287. The van der Waals surface area contributed by atoms with Gasteiger partial charge in [-0.3, -0.25) is 0 Å². The molecule has 1 rings (SSSR count). The van der Waals surface area contributed by atoms with Gasteiger partial charge in [-0.2, -0.15) is 5.26 Å². The van der Waals surface area contributed by atoms with E-state index in [9.17, 15) is 0 Å². The third kappa shape index (κ3) is 3.06. The van der Waals surface area contributed by atoms with Crippen molar-refractivity contribution in [1.82, 2.24) is 0 Å². The molecule has 0 aliphatic heterocycles. The molecular weight excluding hydrogens is 184 g/mol. The summed E-state index contributed by atoms with van der Waals surface area (Å²) in [7, 11) is 0. The highest BCUT2D eigenvalue weighted by atomic mass is 35.5. The summed E-state index contributed by atoms with van der Waals surface area (Å²) in [5.74, 6) is 0.373. The van der Waals surface area contributed by atoms with Gasteiger partial charge in [-0.05, 0) is 30.2 Å². The minimum atomic E-state index is 0. The Kier molecular flexibility index (Phi) is 5.13. The first-order valence-electron chi connectivity index (χ1n) is 3.98. The van der Waals surface area contributed by atoms with Crippen LogP contribution in [0.5, 0.6) is 0 Å². The van der Waals surface area contributed by atoms with Gasteiger partial charge in [0, 0.05) is 0 Å². The summed E-state index contributed by atoms with van der Waals surface area (Å²) >= 11 is 0. The molecule has 0 amide bonds. The number of benzene rings is 1. The minimum absolute atomic E-state index is 0. The molecule has 0 aromatic heterocycles. The highest BCUT2D eigenvalue weighted by Gasteiger charge is 2.01. The summed E-state index contributed by atoms with van der Waals surface area (Å²) in [6.45, 7) is 2.72. The van der Waals surface area contributed by atoms with Crippen molar-refractivity contribution in [3.8, 4) is 6.07 Å². The highest BCUT2D eigenvalue weighted by molar-refractivity contribution is 5.85. The quantitative estimate of drug-likeness (QED) is 0.787. The van der Waals surface area contributed by atoms with Gasteiger partial charge < -0.3 is 5.73 Å². The number of rotatable bonds is 2. The van der Waals surface area contributed by atoms with Crippen LogP contribution in [0.25, 0.3) is 0 Å². The molecule has 1 aromatic carbocycles. The molecule has 1 unspecified atom stereocenters. The fraction of sp³-hybridized carbons (Fsp3) is 0.300. The Hall–Kier alpha value is -1.04. The van der Waals surface area contributed by atoms with Gasteiger partial charge in [0.15, 0.2) is 0 Å². The van der Waals surface area contributed by atoms with Gasteiger partial charge in [-0.1, -0.05) is 19.1 Å². The van der Waals surface area contributed by atoms with Crippen molar-refractivity contribution < 1.29 is 0 Å². The molecule has 3 heteroatoms. The fourth-order valence-corrected chi connectivity index (χ4v) is 1.02. The predicted octanol–water partition coefficient (Wildman–Crippen LogP) is 2.04. The second-order valence-electron chi connectivity index (χ2n) is 2.87. The number of nitrogens with zero attached hydrogens (tertiary/aromatic N) is 1. The van der Waals surface area contributed by atoms with Crippen molar-refractivity contribution in [1.29, 1.82) is 5.26 Å². The van der Waals surface area contributed by atoms with Gasteiger partial charge in [-0.15, -0.1) is 12.4 Å². The van der Waals surface area contributed by atoms with Crippen molar-refractivity contribution in [3.63, 3.8) is 0 Å². The third-order valence-corrected chi connectivity index (χ3v) is 1.96. The van der Waals surface area contributed by atoms with E-state index >= 15 is 0 Å². The molecule has 2 nitrogen and oxygen atoms in total. The lowest BCUT2D eigenvalue weighted by Crippen LogP contribution is -2.08. The molecule has 0 spiro atoms. The maximum absolute atomic E-state index is 8.55. The molecule has 0 bridgehead atoms. The minimum Gasteiger partial charge on any atom is -0.330 e. The monoisotopic (exact) mass is 196 g/mol. The van der Waals surface area contributed by atoms with Crippen LogP contribution in [-0.4, -0.2) is 6.54 Å². The van der Waals surface area contributed by atoms with Crippen LogP contribution in [0.2, 0.25) is 0 Å². The molecule has 0 saturated heterocycles. The molecule has 1 atom stereocenters. The average molecular weight is 197 g/mol. The molecule has 2 N–H and O–H groups in total. The molecule has 0 heterocycles. The lowest BCUT2D eigenvalue weighted by Gasteiger charge is -2.07. The molecule has 0 radical (unpaired) electrons. The predicted molar refractivity (Wildman–Crippen MR) is 55.9 cm³/mol. The topological polar surface area (TPSA) is 49.8 Å². The molecule has 0 aliphatic rings. The van der Waals surface area contributed by atoms with E-state index in [1.54, 1.807) is 0 Å².